The maximum absolute atomic E-state index is 2.43. The average molecular weight is 789 g/mol. The second-order valence-electron chi connectivity index (χ2n) is 16.1. The smallest absolute Gasteiger partial charge is 0.0541 e. The van der Waals surface area contributed by atoms with Crippen molar-refractivity contribution >= 4 is 43.6 Å². The molecular formula is C60H40N2. The number of aromatic nitrogens is 2. The molecule has 290 valence electrons. The van der Waals surface area contributed by atoms with E-state index in [1.54, 1.807) is 0 Å². The molecule has 0 saturated heterocycles. The third kappa shape index (κ3) is 5.96. The predicted molar refractivity (Wildman–Crippen MR) is 262 cm³/mol. The standard InChI is InChI=1S/C60H40N2/c1-5-17-41(18-6-1)49-33-31-47(39-53(49)43-21-9-3-10-22-43)61-57-27-15-13-25-51(57)55-37-45(29-35-59(55)61)46-30-36-60-56(38-46)52-26-14-16-28-58(52)62(60)48-32-34-50(42-19-7-2-8-20-42)54(40-48)44-23-11-4-12-24-44/h1-40H. The molecule has 0 fully saturated rings. The van der Waals surface area contributed by atoms with E-state index in [2.05, 4.69) is 252 Å². The van der Waals surface area contributed by atoms with Crippen molar-refractivity contribution in [2.45, 2.75) is 0 Å². The molecule has 0 unspecified atom stereocenters. The van der Waals surface area contributed by atoms with Crippen LogP contribution in [0.25, 0.3) is 111 Å². The van der Waals surface area contributed by atoms with Crippen molar-refractivity contribution in [2.24, 2.45) is 0 Å². The van der Waals surface area contributed by atoms with Gasteiger partial charge in [-0.05, 0) is 116 Å². The average Bonchev–Trinajstić information content (AvgIpc) is 3.87. The van der Waals surface area contributed by atoms with Crippen molar-refractivity contribution in [3.63, 3.8) is 0 Å². The second-order valence-corrected chi connectivity index (χ2v) is 16.1. The molecule has 2 heteroatoms. The van der Waals surface area contributed by atoms with Gasteiger partial charge in [-0.15, -0.1) is 0 Å². The molecule has 0 radical (unpaired) electrons. The van der Waals surface area contributed by atoms with Gasteiger partial charge in [0, 0.05) is 32.9 Å². The van der Waals surface area contributed by atoms with Crippen molar-refractivity contribution in [1.82, 2.24) is 9.13 Å². The minimum Gasteiger partial charge on any atom is -0.309 e. The molecule has 0 N–H and O–H groups in total. The molecule has 0 atom stereocenters. The highest BCUT2D eigenvalue weighted by Gasteiger charge is 2.19. The topological polar surface area (TPSA) is 9.86 Å². The normalized spacial score (nSPS) is 11.5. The molecule has 10 aromatic carbocycles. The zero-order valence-corrected chi connectivity index (χ0v) is 34.0. The van der Waals surface area contributed by atoms with E-state index in [0.717, 1.165) is 11.4 Å². The van der Waals surface area contributed by atoms with Crippen LogP contribution in [0.2, 0.25) is 0 Å². The summed E-state index contributed by atoms with van der Waals surface area (Å²) in [5, 5.41) is 4.95. The van der Waals surface area contributed by atoms with Gasteiger partial charge in [0.2, 0.25) is 0 Å². The molecule has 0 aliphatic carbocycles. The lowest BCUT2D eigenvalue weighted by atomic mass is 9.94. The van der Waals surface area contributed by atoms with Crippen LogP contribution in [0.4, 0.5) is 0 Å². The zero-order valence-electron chi connectivity index (χ0n) is 34.0. The number of rotatable bonds is 7. The van der Waals surface area contributed by atoms with Crippen LogP contribution < -0.4 is 0 Å². The van der Waals surface area contributed by atoms with Crippen LogP contribution in [-0.4, -0.2) is 9.13 Å². The van der Waals surface area contributed by atoms with Crippen molar-refractivity contribution < 1.29 is 0 Å². The van der Waals surface area contributed by atoms with Gasteiger partial charge in [-0.1, -0.05) is 182 Å². The SMILES string of the molecule is c1ccc(-c2ccc(-n3c4ccccc4c4cc(-c5ccc6c(c5)c5ccccc5n6-c5ccc(-c6ccccc6)c(-c6ccccc6)c5)ccc43)cc2-c2ccccc2)cc1. The van der Waals surface area contributed by atoms with E-state index in [4.69, 9.17) is 0 Å². The van der Waals surface area contributed by atoms with E-state index >= 15 is 0 Å². The van der Waals surface area contributed by atoms with Crippen molar-refractivity contribution in [3.8, 4) is 67.0 Å². The molecule has 62 heavy (non-hydrogen) atoms. The molecule has 0 bridgehead atoms. The van der Waals surface area contributed by atoms with Crippen LogP contribution in [0, 0.1) is 0 Å². The molecule has 12 aromatic rings. The Kier molecular flexibility index (Phi) is 8.53. The third-order valence-electron chi connectivity index (χ3n) is 12.5. The van der Waals surface area contributed by atoms with E-state index in [9.17, 15) is 0 Å². The highest BCUT2D eigenvalue weighted by Crippen LogP contribution is 2.42. The Morgan fingerprint density at radius 3 is 0.903 bits per heavy atom. The summed E-state index contributed by atoms with van der Waals surface area (Å²) in [6, 6.07) is 88.4. The lowest BCUT2D eigenvalue weighted by Gasteiger charge is -2.15. The van der Waals surface area contributed by atoms with Crippen LogP contribution >= 0.6 is 0 Å². The van der Waals surface area contributed by atoms with Crippen LogP contribution in [0.1, 0.15) is 0 Å². The number of nitrogens with zero attached hydrogens (tertiary/aromatic N) is 2. The summed E-state index contributed by atoms with van der Waals surface area (Å²) in [6.07, 6.45) is 0. The molecule has 0 aliphatic rings. The van der Waals surface area contributed by atoms with Gasteiger partial charge in [0.05, 0.1) is 22.1 Å². The van der Waals surface area contributed by atoms with Gasteiger partial charge in [-0.25, -0.2) is 0 Å². The summed E-state index contributed by atoms with van der Waals surface area (Å²) in [4.78, 5) is 0. The van der Waals surface area contributed by atoms with Crippen LogP contribution in [0.3, 0.4) is 0 Å². The Morgan fingerprint density at radius 1 is 0.194 bits per heavy atom. The maximum atomic E-state index is 2.43. The third-order valence-corrected chi connectivity index (χ3v) is 12.5. The predicted octanol–water partition coefficient (Wildman–Crippen LogP) is 16.2. The molecule has 12 rings (SSSR count). The molecule has 0 aliphatic heterocycles. The fourth-order valence-corrected chi connectivity index (χ4v) is 9.66. The summed E-state index contributed by atoms with van der Waals surface area (Å²) in [7, 11) is 0. The summed E-state index contributed by atoms with van der Waals surface area (Å²) >= 11 is 0. The summed E-state index contributed by atoms with van der Waals surface area (Å²) in [5.74, 6) is 0. The van der Waals surface area contributed by atoms with Gasteiger partial charge in [-0.2, -0.15) is 0 Å². The number of hydrogen-bond acceptors (Lipinski definition) is 0. The van der Waals surface area contributed by atoms with Crippen LogP contribution in [0.5, 0.6) is 0 Å². The molecule has 2 aromatic heterocycles. The first kappa shape index (κ1) is 35.7. The first-order valence-corrected chi connectivity index (χ1v) is 21.3. The number of hydrogen-bond donors (Lipinski definition) is 0. The molecular weight excluding hydrogens is 749 g/mol. The Balaban J connectivity index is 1.000. The molecule has 2 nitrogen and oxygen atoms in total. The van der Waals surface area contributed by atoms with Gasteiger partial charge >= 0.3 is 0 Å². The Hall–Kier alpha value is -8.20. The Morgan fingerprint density at radius 2 is 0.516 bits per heavy atom. The van der Waals surface area contributed by atoms with Crippen molar-refractivity contribution in [1.29, 1.82) is 0 Å². The molecule has 0 amide bonds. The monoisotopic (exact) mass is 788 g/mol. The highest BCUT2D eigenvalue weighted by molar-refractivity contribution is 6.13. The van der Waals surface area contributed by atoms with Gasteiger partial charge in [0.25, 0.3) is 0 Å². The van der Waals surface area contributed by atoms with E-state index in [1.807, 2.05) is 0 Å². The van der Waals surface area contributed by atoms with E-state index in [0.29, 0.717) is 0 Å². The van der Waals surface area contributed by atoms with Crippen LogP contribution in [-0.2, 0) is 0 Å². The summed E-state index contributed by atoms with van der Waals surface area (Å²) in [6.45, 7) is 0. The molecule has 0 saturated carbocycles. The van der Waals surface area contributed by atoms with Gasteiger partial charge in [-0.3, -0.25) is 0 Å². The summed E-state index contributed by atoms with van der Waals surface area (Å²) in [5.41, 5.74) is 19.1. The fourth-order valence-electron chi connectivity index (χ4n) is 9.66. The van der Waals surface area contributed by atoms with E-state index < -0.39 is 0 Å². The second kappa shape index (κ2) is 14.8. The van der Waals surface area contributed by atoms with E-state index in [-0.39, 0.29) is 0 Å². The lowest BCUT2D eigenvalue weighted by Crippen LogP contribution is -1.96. The van der Waals surface area contributed by atoms with Gasteiger partial charge in [0.1, 0.15) is 0 Å². The maximum Gasteiger partial charge on any atom is 0.0541 e. The highest BCUT2D eigenvalue weighted by atomic mass is 15.0. The number of benzene rings is 10. The lowest BCUT2D eigenvalue weighted by molar-refractivity contribution is 1.18. The largest absolute Gasteiger partial charge is 0.309 e. The van der Waals surface area contributed by atoms with Crippen molar-refractivity contribution in [2.75, 3.05) is 0 Å². The number of para-hydroxylation sites is 2. The first-order chi connectivity index (χ1) is 30.8. The fraction of sp³-hybridized carbons (Fsp3) is 0. The quantitative estimate of drug-likeness (QED) is 0.152. The van der Waals surface area contributed by atoms with Crippen molar-refractivity contribution in [3.05, 3.63) is 243 Å². The first-order valence-electron chi connectivity index (χ1n) is 21.3. The van der Waals surface area contributed by atoms with Gasteiger partial charge in [0.15, 0.2) is 0 Å². The molecule has 2 heterocycles. The van der Waals surface area contributed by atoms with Gasteiger partial charge < -0.3 is 9.13 Å². The number of fused-ring (bicyclic) bond motifs is 6. The van der Waals surface area contributed by atoms with Crippen LogP contribution in [0.15, 0.2) is 243 Å². The van der Waals surface area contributed by atoms with E-state index in [1.165, 1.54) is 99.2 Å². The minimum absolute atomic E-state index is 1.14. The minimum atomic E-state index is 1.14. The Labute approximate surface area is 360 Å². The Bertz CT molecular complexity index is 3360. The molecule has 0 spiro atoms. The zero-order chi connectivity index (χ0) is 41.0. The summed E-state index contributed by atoms with van der Waals surface area (Å²) < 4.78 is 4.86.